The van der Waals surface area contributed by atoms with Crippen LogP contribution in [0.15, 0.2) is 84.9 Å². The molecule has 3 aromatic carbocycles. The van der Waals surface area contributed by atoms with Gasteiger partial charge in [0.2, 0.25) is 0 Å². The first kappa shape index (κ1) is 14.7. The number of aryl methyl sites for hydroxylation is 1. The van der Waals surface area contributed by atoms with Crippen LogP contribution in [0.25, 0.3) is 0 Å². The van der Waals surface area contributed by atoms with Crippen LogP contribution in [0, 0.1) is 6.92 Å². The van der Waals surface area contributed by atoms with Gasteiger partial charge < -0.3 is 11.1 Å². The Morgan fingerprint density at radius 1 is 0.667 bits per heavy atom. The molecular weight excluding hydrogens is 256 g/mol. The van der Waals surface area contributed by atoms with Crippen molar-refractivity contribution in [1.82, 2.24) is 0 Å². The Morgan fingerprint density at radius 3 is 1.57 bits per heavy atom. The molecule has 3 aromatic rings. The SMILES string of the molecule is Cc1cccc(N)c1.c1ccc(Nc2ccccc2)cc1. The Bertz CT molecular complexity index is 594. The fourth-order valence-corrected chi connectivity index (χ4v) is 1.88. The van der Waals surface area contributed by atoms with Gasteiger partial charge in [0.1, 0.15) is 0 Å². The van der Waals surface area contributed by atoms with Gasteiger partial charge in [0.05, 0.1) is 0 Å². The average Bonchev–Trinajstić information content (AvgIpc) is 2.50. The van der Waals surface area contributed by atoms with Gasteiger partial charge in [-0.05, 0) is 48.9 Å². The Balaban J connectivity index is 0.000000173. The van der Waals surface area contributed by atoms with Crippen molar-refractivity contribution in [1.29, 1.82) is 0 Å². The Morgan fingerprint density at radius 2 is 1.19 bits per heavy atom. The van der Waals surface area contributed by atoms with Gasteiger partial charge in [0.25, 0.3) is 0 Å². The number of rotatable bonds is 2. The van der Waals surface area contributed by atoms with Crippen LogP contribution >= 0.6 is 0 Å². The highest BCUT2D eigenvalue weighted by Crippen LogP contribution is 2.14. The largest absolute Gasteiger partial charge is 0.399 e. The molecule has 3 N–H and O–H groups in total. The standard InChI is InChI=1S/C12H11N.C7H9N/c1-3-7-11(8-4-1)13-12-9-5-2-6-10-12;1-6-3-2-4-7(8)5-6/h1-10,13H;2-5H,8H2,1H3. The molecule has 21 heavy (non-hydrogen) atoms. The van der Waals surface area contributed by atoms with E-state index < -0.39 is 0 Å². The van der Waals surface area contributed by atoms with Crippen molar-refractivity contribution in [3.63, 3.8) is 0 Å². The summed E-state index contributed by atoms with van der Waals surface area (Å²) in [5.74, 6) is 0. The van der Waals surface area contributed by atoms with E-state index in [2.05, 4.69) is 5.32 Å². The summed E-state index contributed by atoms with van der Waals surface area (Å²) in [4.78, 5) is 0. The molecule has 106 valence electrons. The summed E-state index contributed by atoms with van der Waals surface area (Å²) >= 11 is 0. The number of benzene rings is 3. The molecular formula is C19H20N2. The first-order chi connectivity index (χ1) is 10.2. The zero-order valence-electron chi connectivity index (χ0n) is 12.2. The predicted octanol–water partition coefficient (Wildman–Crippen LogP) is 5.01. The lowest BCUT2D eigenvalue weighted by Crippen LogP contribution is -1.87. The molecule has 0 bridgehead atoms. The third kappa shape index (κ3) is 5.41. The number of anilines is 3. The summed E-state index contributed by atoms with van der Waals surface area (Å²) in [5.41, 5.74) is 9.75. The summed E-state index contributed by atoms with van der Waals surface area (Å²) < 4.78 is 0. The summed E-state index contributed by atoms with van der Waals surface area (Å²) in [6.07, 6.45) is 0. The molecule has 0 aromatic heterocycles. The third-order valence-corrected chi connectivity index (χ3v) is 2.88. The van der Waals surface area contributed by atoms with Crippen LogP contribution in [-0.2, 0) is 0 Å². The van der Waals surface area contributed by atoms with E-state index in [-0.39, 0.29) is 0 Å². The highest BCUT2D eigenvalue weighted by molar-refractivity contribution is 5.58. The summed E-state index contributed by atoms with van der Waals surface area (Å²) in [7, 11) is 0. The van der Waals surface area contributed by atoms with Crippen molar-refractivity contribution >= 4 is 17.1 Å². The van der Waals surface area contributed by atoms with Crippen LogP contribution in [0.3, 0.4) is 0 Å². The number of nitrogens with one attached hydrogen (secondary N) is 1. The van der Waals surface area contributed by atoms with Crippen molar-refractivity contribution in [3.05, 3.63) is 90.5 Å². The second-order valence-corrected chi connectivity index (χ2v) is 4.77. The van der Waals surface area contributed by atoms with E-state index in [0.717, 1.165) is 17.1 Å². The van der Waals surface area contributed by atoms with Crippen LogP contribution in [0.4, 0.5) is 17.1 Å². The topological polar surface area (TPSA) is 38.0 Å². The molecule has 0 radical (unpaired) electrons. The molecule has 0 aliphatic carbocycles. The van der Waals surface area contributed by atoms with Crippen molar-refractivity contribution in [2.45, 2.75) is 6.92 Å². The highest BCUT2D eigenvalue weighted by atomic mass is 14.9. The molecule has 0 saturated carbocycles. The molecule has 0 unspecified atom stereocenters. The molecule has 2 heteroatoms. The van der Waals surface area contributed by atoms with Gasteiger partial charge >= 0.3 is 0 Å². The van der Waals surface area contributed by atoms with E-state index in [4.69, 9.17) is 5.73 Å². The fraction of sp³-hybridized carbons (Fsp3) is 0.0526. The molecule has 0 fully saturated rings. The Kier molecular flexibility index (Phi) is 5.41. The monoisotopic (exact) mass is 276 g/mol. The first-order valence-electron chi connectivity index (χ1n) is 6.93. The van der Waals surface area contributed by atoms with Gasteiger partial charge in [-0.3, -0.25) is 0 Å². The number of para-hydroxylation sites is 2. The number of nitrogens with two attached hydrogens (primary N) is 1. The zero-order chi connectivity index (χ0) is 14.9. The molecule has 0 saturated heterocycles. The normalized spacial score (nSPS) is 9.38. The van der Waals surface area contributed by atoms with E-state index in [1.165, 1.54) is 5.56 Å². The van der Waals surface area contributed by atoms with E-state index in [1.54, 1.807) is 0 Å². The van der Waals surface area contributed by atoms with E-state index in [1.807, 2.05) is 91.9 Å². The number of hydrogen-bond donors (Lipinski definition) is 2. The van der Waals surface area contributed by atoms with Crippen LogP contribution in [-0.4, -0.2) is 0 Å². The smallest absolute Gasteiger partial charge is 0.0384 e. The lowest BCUT2D eigenvalue weighted by Gasteiger charge is -2.04. The average molecular weight is 276 g/mol. The molecule has 0 aliphatic rings. The molecule has 0 amide bonds. The molecule has 0 aliphatic heterocycles. The fourth-order valence-electron chi connectivity index (χ4n) is 1.88. The number of hydrogen-bond acceptors (Lipinski definition) is 2. The van der Waals surface area contributed by atoms with Crippen LogP contribution < -0.4 is 11.1 Å². The maximum atomic E-state index is 5.46. The molecule has 0 spiro atoms. The lowest BCUT2D eigenvalue weighted by molar-refractivity contribution is 1.47. The van der Waals surface area contributed by atoms with Crippen molar-refractivity contribution < 1.29 is 0 Å². The maximum absolute atomic E-state index is 5.46. The third-order valence-electron chi connectivity index (χ3n) is 2.88. The van der Waals surface area contributed by atoms with Gasteiger partial charge in [0.15, 0.2) is 0 Å². The van der Waals surface area contributed by atoms with Gasteiger partial charge in [0, 0.05) is 17.1 Å². The van der Waals surface area contributed by atoms with Gasteiger partial charge in [-0.1, -0.05) is 48.5 Å². The zero-order valence-corrected chi connectivity index (χ0v) is 12.2. The van der Waals surface area contributed by atoms with Crippen LogP contribution in [0.2, 0.25) is 0 Å². The van der Waals surface area contributed by atoms with Gasteiger partial charge in [-0.2, -0.15) is 0 Å². The lowest BCUT2D eigenvalue weighted by atomic mass is 10.2. The van der Waals surface area contributed by atoms with Crippen molar-refractivity contribution in [2.75, 3.05) is 11.1 Å². The van der Waals surface area contributed by atoms with E-state index in [0.29, 0.717) is 0 Å². The summed E-state index contributed by atoms with van der Waals surface area (Å²) in [5, 5.41) is 3.30. The minimum atomic E-state index is 0.838. The molecule has 0 heterocycles. The Hall–Kier alpha value is -2.74. The van der Waals surface area contributed by atoms with Crippen LogP contribution in [0.5, 0.6) is 0 Å². The second kappa shape index (κ2) is 7.75. The minimum absolute atomic E-state index is 0.838. The molecule has 0 atom stereocenters. The molecule has 3 rings (SSSR count). The summed E-state index contributed by atoms with van der Waals surface area (Å²) in [6.45, 7) is 2.02. The highest BCUT2D eigenvalue weighted by Gasteiger charge is 1.89. The van der Waals surface area contributed by atoms with E-state index in [9.17, 15) is 0 Å². The predicted molar refractivity (Wildman–Crippen MR) is 91.8 cm³/mol. The molecule has 2 nitrogen and oxygen atoms in total. The summed E-state index contributed by atoms with van der Waals surface area (Å²) in [6, 6.07) is 28.1. The van der Waals surface area contributed by atoms with E-state index >= 15 is 0 Å². The van der Waals surface area contributed by atoms with Crippen molar-refractivity contribution in [3.8, 4) is 0 Å². The quantitative estimate of drug-likeness (QED) is 0.646. The Labute approximate surface area is 126 Å². The van der Waals surface area contributed by atoms with Crippen molar-refractivity contribution in [2.24, 2.45) is 0 Å². The van der Waals surface area contributed by atoms with Crippen LogP contribution in [0.1, 0.15) is 5.56 Å². The number of nitrogen functional groups attached to an aromatic ring is 1. The van der Waals surface area contributed by atoms with Gasteiger partial charge in [-0.25, -0.2) is 0 Å². The van der Waals surface area contributed by atoms with Gasteiger partial charge in [-0.15, -0.1) is 0 Å². The first-order valence-corrected chi connectivity index (χ1v) is 6.93. The second-order valence-electron chi connectivity index (χ2n) is 4.77. The maximum Gasteiger partial charge on any atom is 0.0384 e. The minimum Gasteiger partial charge on any atom is -0.399 e.